The maximum Gasteiger partial charge on any atom is 0.393 e. The van der Waals surface area contributed by atoms with Crippen molar-refractivity contribution >= 4 is 15.5 Å². The summed E-state index contributed by atoms with van der Waals surface area (Å²) >= 11 is 0. The minimum atomic E-state index is -4.63. The van der Waals surface area contributed by atoms with Gasteiger partial charge in [-0.15, -0.1) is 0 Å². The lowest BCUT2D eigenvalue weighted by Crippen LogP contribution is -2.55. The maximum atomic E-state index is 14.0. The van der Waals surface area contributed by atoms with E-state index < -0.39 is 45.7 Å². The molecule has 2 fully saturated rings. The van der Waals surface area contributed by atoms with E-state index in [1.807, 2.05) is 0 Å². The molecule has 2 aliphatic heterocycles. The molecule has 0 aromatic heterocycles. The zero-order valence-corrected chi connectivity index (χ0v) is 16.7. The quantitative estimate of drug-likeness (QED) is 0.581. The first kappa shape index (κ1) is 20.9. The Morgan fingerprint density at radius 1 is 1.03 bits per heavy atom. The number of benzene rings is 2. The molecule has 2 aliphatic rings. The predicted molar refractivity (Wildman–Crippen MR) is 105 cm³/mol. The molecular formula is C21H21F3N2O3S. The Hall–Kier alpha value is -2.39. The van der Waals surface area contributed by atoms with Crippen LogP contribution < -0.4 is 0 Å². The summed E-state index contributed by atoms with van der Waals surface area (Å²) in [6.45, 7) is 0.141. The third-order valence-electron chi connectivity index (χ3n) is 6.07. The van der Waals surface area contributed by atoms with Gasteiger partial charge in [0.2, 0.25) is 0 Å². The molecule has 1 unspecified atom stereocenters. The zero-order chi connectivity index (χ0) is 21.5. The number of rotatable bonds is 4. The molecule has 2 bridgehead atoms. The van der Waals surface area contributed by atoms with E-state index >= 15 is 0 Å². The van der Waals surface area contributed by atoms with Crippen LogP contribution in [0.5, 0.6) is 0 Å². The lowest BCUT2D eigenvalue weighted by Gasteiger charge is -2.41. The molecule has 9 heteroatoms. The Morgan fingerprint density at radius 2 is 1.63 bits per heavy atom. The summed E-state index contributed by atoms with van der Waals surface area (Å²) in [6, 6.07) is 14.6. The molecular weight excluding hydrogens is 417 g/mol. The van der Waals surface area contributed by atoms with Crippen molar-refractivity contribution < 1.29 is 26.8 Å². The second-order valence-corrected chi connectivity index (χ2v) is 9.91. The third-order valence-corrected chi connectivity index (χ3v) is 8.27. The van der Waals surface area contributed by atoms with E-state index in [0.717, 1.165) is 5.56 Å². The van der Waals surface area contributed by atoms with E-state index in [9.17, 15) is 26.8 Å². The van der Waals surface area contributed by atoms with Crippen molar-refractivity contribution in [2.75, 3.05) is 0 Å². The van der Waals surface area contributed by atoms with Crippen molar-refractivity contribution in [1.82, 2.24) is 4.90 Å². The third kappa shape index (κ3) is 3.60. The van der Waals surface area contributed by atoms with Gasteiger partial charge in [0.1, 0.15) is 0 Å². The molecule has 160 valence electrons. The number of hydrogen-bond donors (Lipinski definition) is 1. The normalized spacial score (nSPS) is 28.7. The molecule has 0 spiro atoms. The van der Waals surface area contributed by atoms with E-state index in [4.69, 9.17) is 0 Å². The lowest BCUT2D eigenvalue weighted by molar-refractivity contribution is -0.191. The van der Waals surface area contributed by atoms with Gasteiger partial charge >= 0.3 is 6.18 Å². The van der Waals surface area contributed by atoms with Gasteiger partial charge in [0.25, 0.3) is 0 Å². The molecule has 0 saturated carbocycles. The fourth-order valence-electron chi connectivity index (χ4n) is 4.74. The van der Waals surface area contributed by atoms with E-state index in [-0.39, 0.29) is 23.6 Å². The van der Waals surface area contributed by atoms with Crippen LogP contribution in [0.15, 0.2) is 70.7 Å². The Kier molecular flexibility index (Phi) is 5.36. The molecule has 2 aromatic carbocycles. The van der Waals surface area contributed by atoms with Crippen molar-refractivity contribution in [1.29, 1.82) is 0 Å². The van der Waals surface area contributed by atoms with Crippen LogP contribution in [0.25, 0.3) is 0 Å². The van der Waals surface area contributed by atoms with E-state index in [2.05, 4.69) is 5.16 Å². The van der Waals surface area contributed by atoms with Crippen LogP contribution in [0.1, 0.15) is 18.4 Å². The molecule has 2 saturated heterocycles. The van der Waals surface area contributed by atoms with Crippen LogP contribution in [0, 0.1) is 5.92 Å². The highest BCUT2D eigenvalue weighted by Gasteiger charge is 2.62. The second-order valence-electron chi connectivity index (χ2n) is 7.74. The molecule has 2 aromatic rings. The summed E-state index contributed by atoms with van der Waals surface area (Å²) in [5, 5.41) is 11.3. The number of nitrogens with zero attached hydrogens (tertiary/aromatic N) is 2. The van der Waals surface area contributed by atoms with Crippen molar-refractivity contribution in [2.45, 2.75) is 47.8 Å². The Bertz CT molecular complexity index is 1030. The summed E-state index contributed by atoms with van der Waals surface area (Å²) in [7, 11) is -4.02. The van der Waals surface area contributed by atoms with Crippen LogP contribution in [0.3, 0.4) is 0 Å². The van der Waals surface area contributed by atoms with Gasteiger partial charge in [0, 0.05) is 19.0 Å². The number of alkyl halides is 3. The van der Waals surface area contributed by atoms with E-state index in [0.29, 0.717) is 0 Å². The first-order valence-corrected chi connectivity index (χ1v) is 11.1. The van der Waals surface area contributed by atoms with Crippen molar-refractivity contribution in [3.05, 3.63) is 66.2 Å². The van der Waals surface area contributed by atoms with Crippen molar-refractivity contribution in [2.24, 2.45) is 11.1 Å². The molecule has 4 atom stereocenters. The minimum Gasteiger partial charge on any atom is -0.411 e. The van der Waals surface area contributed by atoms with E-state index in [1.165, 1.54) is 12.1 Å². The minimum absolute atomic E-state index is 0.00521. The summed E-state index contributed by atoms with van der Waals surface area (Å²) < 4.78 is 68.8. The first-order valence-electron chi connectivity index (χ1n) is 9.59. The molecule has 0 aliphatic carbocycles. The highest BCUT2D eigenvalue weighted by atomic mass is 32.2. The van der Waals surface area contributed by atoms with Crippen molar-refractivity contribution in [3.8, 4) is 0 Å². The van der Waals surface area contributed by atoms with Gasteiger partial charge in [0.05, 0.1) is 27.8 Å². The van der Waals surface area contributed by atoms with Gasteiger partial charge in [-0.2, -0.15) is 13.2 Å². The van der Waals surface area contributed by atoms with Crippen molar-refractivity contribution in [3.63, 3.8) is 0 Å². The summed E-state index contributed by atoms with van der Waals surface area (Å²) in [5.74, 6) is -1.94. The molecule has 0 amide bonds. The average Bonchev–Trinajstić information content (AvgIpc) is 2.98. The second kappa shape index (κ2) is 7.70. The summed E-state index contributed by atoms with van der Waals surface area (Å²) in [5.41, 5.74) is 0.751. The standard InChI is InChI=1S/C21H21F3N2O3S/c22-21(23,24)16-11-17(25-27)18-12-19(30(28,29)15-9-5-2-6-10-15)20(16)26(18)13-14-7-3-1-4-8-14/h1-10,16,18-20,27H,11-13H2/b25-17-/t16?,18-,19+,20-/m1/s1. The Labute approximate surface area is 172 Å². The largest absolute Gasteiger partial charge is 0.411 e. The van der Waals surface area contributed by atoms with Gasteiger partial charge < -0.3 is 5.21 Å². The number of hydrogen-bond acceptors (Lipinski definition) is 5. The van der Waals surface area contributed by atoms with Crippen LogP contribution in [0.2, 0.25) is 0 Å². The monoisotopic (exact) mass is 438 g/mol. The molecule has 2 heterocycles. The van der Waals surface area contributed by atoms with E-state index in [1.54, 1.807) is 53.4 Å². The van der Waals surface area contributed by atoms with Gasteiger partial charge in [-0.05, 0) is 24.1 Å². The van der Waals surface area contributed by atoms with Crippen LogP contribution in [0.4, 0.5) is 13.2 Å². The Morgan fingerprint density at radius 3 is 2.20 bits per heavy atom. The smallest absolute Gasteiger partial charge is 0.393 e. The number of oxime groups is 1. The molecule has 1 N–H and O–H groups in total. The van der Waals surface area contributed by atoms with Gasteiger partial charge in [-0.3, -0.25) is 4.90 Å². The number of fused-ring (bicyclic) bond motifs is 2. The number of sulfone groups is 1. The van der Waals surface area contributed by atoms with Crippen LogP contribution >= 0.6 is 0 Å². The van der Waals surface area contributed by atoms with Gasteiger partial charge in [-0.1, -0.05) is 53.7 Å². The topological polar surface area (TPSA) is 70.0 Å². The van der Waals surface area contributed by atoms with Gasteiger partial charge in [0.15, 0.2) is 9.84 Å². The number of piperidine rings is 1. The maximum absolute atomic E-state index is 14.0. The van der Waals surface area contributed by atoms with Crippen LogP contribution in [-0.2, 0) is 16.4 Å². The molecule has 0 radical (unpaired) electrons. The zero-order valence-electron chi connectivity index (χ0n) is 15.9. The first-order chi connectivity index (χ1) is 14.2. The fraction of sp³-hybridized carbons (Fsp3) is 0.381. The molecule has 5 nitrogen and oxygen atoms in total. The summed E-state index contributed by atoms with van der Waals surface area (Å²) in [4.78, 5) is 1.56. The predicted octanol–water partition coefficient (Wildman–Crippen LogP) is 3.88. The molecule has 30 heavy (non-hydrogen) atoms. The average molecular weight is 438 g/mol. The Balaban J connectivity index is 1.81. The SMILES string of the molecule is O=S(=O)(c1ccccc1)[C@H]1C[C@@H]2/C(=N\O)CC(C(F)(F)F)[C@H]1N2Cc1ccccc1. The fourth-order valence-corrected chi connectivity index (χ4v) is 6.77. The summed E-state index contributed by atoms with van der Waals surface area (Å²) in [6.07, 6.45) is -5.17. The lowest BCUT2D eigenvalue weighted by atomic mass is 9.88. The molecule has 4 rings (SSSR count). The highest BCUT2D eigenvalue weighted by molar-refractivity contribution is 7.92. The highest BCUT2D eigenvalue weighted by Crippen LogP contribution is 2.48. The van der Waals surface area contributed by atoms with Crippen LogP contribution in [-0.4, -0.2) is 47.7 Å². The number of halogens is 3. The van der Waals surface area contributed by atoms with Gasteiger partial charge in [-0.25, -0.2) is 8.42 Å².